The number of carbonyl (C=O) groups excluding carboxylic acids is 1. The van der Waals surface area contributed by atoms with Gasteiger partial charge in [-0.1, -0.05) is 0 Å². The molecule has 3 N–H and O–H groups in total. The molecule has 98 valence electrons. The maximum absolute atomic E-state index is 13.0. The third-order valence-electron chi connectivity index (χ3n) is 3.05. The molecule has 18 heavy (non-hydrogen) atoms. The number of benzene rings is 1. The molecule has 0 saturated heterocycles. The van der Waals surface area contributed by atoms with Crippen LogP contribution >= 0.6 is 0 Å². The highest BCUT2D eigenvalue weighted by Crippen LogP contribution is 2.18. The molecular weight excluding hydrogens is 245 g/mol. The maximum atomic E-state index is 13.0. The predicted octanol–water partition coefficient (Wildman–Crippen LogP) is 1.71. The molecule has 1 aliphatic carbocycles. The van der Waals surface area contributed by atoms with Crippen LogP contribution in [-0.4, -0.2) is 18.0 Å². The summed E-state index contributed by atoms with van der Waals surface area (Å²) >= 11 is 0. The number of nitrogens with one attached hydrogen (secondary N) is 1. The van der Waals surface area contributed by atoms with Gasteiger partial charge in [0.25, 0.3) is 5.91 Å². The lowest BCUT2D eigenvalue weighted by molar-refractivity contribution is 0.0936. The minimum absolute atomic E-state index is 0.0389. The van der Waals surface area contributed by atoms with Crippen molar-refractivity contribution in [1.82, 2.24) is 5.32 Å². The Labute approximate surface area is 102 Å². The molecule has 1 aromatic carbocycles. The molecule has 0 aromatic heterocycles. The first-order valence-corrected chi connectivity index (χ1v) is 5.68. The lowest BCUT2D eigenvalue weighted by Gasteiger charge is -2.12. The maximum Gasteiger partial charge on any atom is 0.251 e. The predicted molar refractivity (Wildman–Crippen MR) is 59.4 cm³/mol. The number of hydrogen-bond acceptors (Lipinski definition) is 2. The molecule has 0 radical (unpaired) electrons. The van der Waals surface area contributed by atoms with E-state index in [4.69, 9.17) is 5.73 Å². The SMILES string of the molecule is N[C@H]1CC[C@@H](NC(=O)c2cc(F)c(F)c(F)c2)C1. The highest BCUT2D eigenvalue weighted by atomic mass is 19.2. The Balaban J connectivity index is 2.09. The van der Waals surface area contributed by atoms with Crippen molar-refractivity contribution in [2.24, 2.45) is 5.73 Å². The fourth-order valence-corrected chi connectivity index (χ4v) is 2.10. The topological polar surface area (TPSA) is 55.1 Å². The van der Waals surface area contributed by atoms with Crippen LogP contribution in [0, 0.1) is 17.5 Å². The zero-order chi connectivity index (χ0) is 13.3. The van der Waals surface area contributed by atoms with Gasteiger partial charge in [0.15, 0.2) is 17.5 Å². The molecule has 0 unspecified atom stereocenters. The van der Waals surface area contributed by atoms with Crippen LogP contribution in [0.5, 0.6) is 0 Å². The van der Waals surface area contributed by atoms with E-state index in [1.54, 1.807) is 0 Å². The van der Waals surface area contributed by atoms with Gasteiger partial charge in [-0.3, -0.25) is 4.79 Å². The van der Waals surface area contributed by atoms with Crippen LogP contribution in [0.15, 0.2) is 12.1 Å². The van der Waals surface area contributed by atoms with Gasteiger partial charge >= 0.3 is 0 Å². The highest BCUT2D eigenvalue weighted by Gasteiger charge is 2.24. The molecule has 0 heterocycles. The van der Waals surface area contributed by atoms with E-state index >= 15 is 0 Å². The van der Waals surface area contributed by atoms with Crippen LogP contribution in [0.2, 0.25) is 0 Å². The van der Waals surface area contributed by atoms with Crippen molar-refractivity contribution in [1.29, 1.82) is 0 Å². The number of hydrogen-bond donors (Lipinski definition) is 2. The third-order valence-corrected chi connectivity index (χ3v) is 3.05. The van der Waals surface area contributed by atoms with Crippen LogP contribution < -0.4 is 11.1 Å². The Kier molecular flexibility index (Phi) is 3.56. The largest absolute Gasteiger partial charge is 0.349 e. The number of nitrogens with two attached hydrogens (primary N) is 1. The first kappa shape index (κ1) is 12.9. The van der Waals surface area contributed by atoms with Crippen LogP contribution in [-0.2, 0) is 0 Å². The summed E-state index contributed by atoms with van der Waals surface area (Å²) in [5, 5.41) is 2.62. The monoisotopic (exact) mass is 258 g/mol. The van der Waals surface area contributed by atoms with Gasteiger partial charge in [-0.25, -0.2) is 13.2 Å². The smallest absolute Gasteiger partial charge is 0.251 e. The molecule has 1 aromatic rings. The van der Waals surface area contributed by atoms with Crippen molar-refractivity contribution in [2.45, 2.75) is 31.3 Å². The molecule has 2 atom stereocenters. The second-order valence-corrected chi connectivity index (χ2v) is 4.50. The van der Waals surface area contributed by atoms with Crippen LogP contribution in [0.4, 0.5) is 13.2 Å². The summed E-state index contributed by atoms with van der Waals surface area (Å²) in [4.78, 5) is 11.7. The van der Waals surface area contributed by atoms with Crippen molar-refractivity contribution in [3.63, 3.8) is 0 Å². The van der Waals surface area contributed by atoms with Gasteiger partial charge in [0.2, 0.25) is 0 Å². The van der Waals surface area contributed by atoms with E-state index in [1.807, 2.05) is 0 Å². The highest BCUT2D eigenvalue weighted by molar-refractivity contribution is 5.94. The fraction of sp³-hybridized carbons (Fsp3) is 0.417. The van der Waals surface area contributed by atoms with Gasteiger partial charge in [-0.2, -0.15) is 0 Å². The first-order chi connectivity index (χ1) is 8.47. The van der Waals surface area contributed by atoms with E-state index in [0.717, 1.165) is 12.8 Å². The van der Waals surface area contributed by atoms with Crippen LogP contribution in [0.3, 0.4) is 0 Å². The normalized spacial score (nSPS) is 23.1. The molecule has 0 aliphatic heterocycles. The van der Waals surface area contributed by atoms with Gasteiger partial charge in [0.1, 0.15) is 0 Å². The van der Waals surface area contributed by atoms with E-state index in [2.05, 4.69) is 5.32 Å². The standard InChI is InChI=1S/C12H13F3N2O/c13-9-3-6(4-10(14)11(9)15)12(18)17-8-2-1-7(16)5-8/h3-4,7-8H,1-2,5,16H2,(H,17,18)/t7-,8+/m0/s1. The van der Waals surface area contributed by atoms with Gasteiger partial charge < -0.3 is 11.1 Å². The molecule has 0 spiro atoms. The van der Waals surface area contributed by atoms with E-state index in [-0.39, 0.29) is 17.6 Å². The molecule has 6 heteroatoms. The van der Waals surface area contributed by atoms with Crippen LogP contribution in [0.1, 0.15) is 29.6 Å². The molecule has 0 bridgehead atoms. The molecule has 1 saturated carbocycles. The zero-order valence-corrected chi connectivity index (χ0v) is 9.55. The minimum Gasteiger partial charge on any atom is -0.349 e. The Morgan fingerprint density at radius 1 is 1.22 bits per heavy atom. The first-order valence-electron chi connectivity index (χ1n) is 5.68. The van der Waals surface area contributed by atoms with Crippen molar-refractivity contribution in [2.75, 3.05) is 0 Å². The zero-order valence-electron chi connectivity index (χ0n) is 9.55. The van der Waals surface area contributed by atoms with E-state index in [9.17, 15) is 18.0 Å². The average Bonchev–Trinajstić information content (AvgIpc) is 2.71. The summed E-state index contributed by atoms with van der Waals surface area (Å²) in [6.45, 7) is 0. The van der Waals surface area contributed by atoms with Crippen molar-refractivity contribution in [3.8, 4) is 0 Å². The number of amides is 1. The third kappa shape index (κ3) is 2.64. The van der Waals surface area contributed by atoms with Crippen molar-refractivity contribution < 1.29 is 18.0 Å². The van der Waals surface area contributed by atoms with Gasteiger partial charge in [-0.05, 0) is 31.4 Å². The average molecular weight is 258 g/mol. The molecule has 2 rings (SSSR count). The summed E-state index contributed by atoms with van der Waals surface area (Å²) in [5.41, 5.74) is 5.46. The van der Waals surface area contributed by atoms with Gasteiger partial charge in [0, 0.05) is 17.6 Å². The second kappa shape index (κ2) is 4.97. The van der Waals surface area contributed by atoms with Gasteiger partial charge in [-0.15, -0.1) is 0 Å². The lowest BCUT2D eigenvalue weighted by atomic mass is 10.1. The van der Waals surface area contributed by atoms with E-state index < -0.39 is 23.4 Å². The van der Waals surface area contributed by atoms with Crippen molar-refractivity contribution in [3.05, 3.63) is 35.1 Å². The summed E-state index contributed by atoms with van der Waals surface area (Å²) in [6, 6.07) is 1.31. The number of rotatable bonds is 2. The summed E-state index contributed by atoms with van der Waals surface area (Å²) in [5.74, 6) is -4.94. The second-order valence-electron chi connectivity index (χ2n) is 4.50. The molecule has 1 aliphatic rings. The Bertz CT molecular complexity index is 455. The molecular formula is C12H13F3N2O. The minimum atomic E-state index is -1.57. The van der Waals surface area contributed by atoms with E-state index in [0.29, 0.717) is 18.6 Å². The molecule has 3 nitrogen and oxygen atoms in total. The Hall–Kier alpha value is -1.56. The number of carbonyl (C=O) groups is 1. The quantitative estimate of drug-likeness (QED) is 0.793. The van der Waals surface area contributed by atoms with E-state index in [1.165, 1.54) is 0 Å². The van der Waals surface area contributed by atoms with Crippen LogP contribution in [0.25, 0.3) is 0 Å². The van der Waals surface area contributed by atoms with Gasteiger partial charge in [0.05, 0.1) is 0 Å². The summed E-state index contributed by atoms with van der Waals surface area (Å²) < 4.78 is 38.7. The van der Waals surface area contributed by atoms with Crippen molar-refractivity contribution >= 4 is 5.91 Å². The summed E-state index contributed by atoms with van der Waals surface area (Å²) in [7, 11) is 0. The Morgan fingerprint density at radius 3 is 2.33 bits per heavy atom. The fourth-order valence-electron chi connectivity index (χ4n) is 2.10. The number of halogens is 3. The Morgan fingerprint density at radius 2 is 1.83 bits per heavy atom. The molecule has 1 fully saturated rings. The summed E-state index contributed by atoms with van der Waals surface area (Å²) in [6.07, 6.45) is 2.17. The lowest BCUT2D eigenvalue weighted by Crippen LogP contribution is -2.34. The molecule has 1 amide bonds.